The molecule has 0 aliphatic carbocycles. The second-order valence-electron chi connectivity index (χ2n) is 5.59. The van der Waals surface area contributed by atoms with Gasteiger partial charge in [-0.25, -0.2) is 0 Å². The van der Waals surface area contributed by atoms with Gasteiger partial charge in [0.05, 0.1) is 0 Å². The molecular formula is C12H22O10Se2. The third-order valence-corrected chi connectivity index (χ3v) is 12.0. The molecule has 0 aromatic carbocycles. The van der Waals surface area contributed by atoms with Crippen LogP contribution in [-0.4, -0.2) is 139 Å². The first kappa shape index (κ1) is 20.9. The van der Waals surface area contributed by atoms with Gasteiger partial charge < -0.3 is 0 Å². The van der Waals surface area contributed by atoms with E-state index < -0.39 is 98.3 Å². The van der Waals surface area contributed by atoms with E-state index in [9.17, 15) is 30.6 Å². The molecule has 2 rings (SSSR count). The molecule has 2 heterocycles. The Labute approximate surface area is 148 Å². The van der Waals surface area contributed by atoms with E-state index in [1.807, 2.05) is 0 Å². The number of ether oxygens (including phenoxy) is 2. The van der Waals surface area contributed by atoms with Crippen molar-refractivity contribution in [1.82, 2.24) is 0 Å². The molecule has 0 bridgehead atoms. The van der Waals surface area contributed by atoms with Crippen molar-refractivity contribution >= 4 is 26.3 Å². The fourth-order valence-electron chi connectivity index (χ4n) is 2.40. The van der Waals surface area contributed by atoms with Crippen LogP contribution in [0.15, 0.2) is 0 Å². The summed E-state index contributed by atoms with van der Waals surface area (Å²) in [6.45, 7) is -1.05. The van der Waals surface area contributed by atoms with Crippen LogP contribution >= 0.6 is 0 Å². The number of aliphatic hydroxyl groups is 8. The minimum atomic E-state index is -1.46. The van der Waals surface area contributed by atoms with Crippen molar-refractivity contribution in [2.75, 3.05) is 13.2 Å². The van der Waals surface area contributed by atoms with Gasteiger partial charge in [-0.3, -0.25) is 0 Å². The Hall–Kier alpha value is 0.639. The molecule has 2 aliphatic heterocycles. The molecular weight excluding hydrogens is 462 g/mol. The Morgan fingerprint density at radius 2 is 0.875 bits per heavy atom. The average Bonchev–Trinajstić information content (AvgIpc) is 2.58. The Morgan fingerprint density at radius 3 is 1.17 bits per heavy atom. The zero-order chi connectivity index (χ0) is 18.0. The summed E-state index contributed by atoms with van der Waals surface area (Å²) in [5.74, 6) is 0. The van der Waals surface area contributed by atoms with Gasteiger partial charge in [0, 0.05) is 0 Å². The average molecular weight is 484 g/mol. The van der Waals surface area contributed by atoms with Gasteiger partial charge in [-0.15, -0.1) is 0 Å². The molecule has 10 nitrogen and oxygen atoms in total. The molecule has 2 fully saturated rings. The molecule has 142 valence electrons. The number of hydrogen-bond donors (Lipinski definition) is 8. The molecule has 2 aliphatic rings. The van der Waals surface area contributed by atoms with Crippen LogP contribution < -0.4 is 0 Å². The predicted octanol–water partition coefficient (Wildman–Crippen LogP) is -6.09. The van der Waals surface area contributed by atoms with Crippen molar-refractivity contribution in [2.45, 2.75) is 58.8 Å². The van der Waals surface area contributed by atoms with Crippen LogP contribution in [0, 0.1) is 0 Å². The van der Waals surface area contributed by atoms with Crippen molar-refractivity contribution < 1.29 is 50.3 Å². The van der Waals surface area contributed by atoms with E-state index >= 15 is 0 Å². The second kappa shape index (κ2) is 9.03. The Bertz CT molecular complexity index is 364. The zero-order valence-electron chi connectivity index (χ0n) is 12.4. The summed E-state index contributed by atoms with van der Waals surface area (Å²) in [5, 5.41) is 75.6. The predicted molar refractivity (Wildman–Crippen MR) is 79.0 cm³/mol. The first-order valence-electron chi connectivity index (χ1n) is 7.25. The molecule has 10 atom stereocenters. The van der Waals surface area contributed by atoms with Gasteiger partial charge in [0.1, 0.15) is 0 Å². The third kappa shape index (κ3) is 4.30. The first-order chi connectivity index (χ1) is 11.3. The monoisotopic (exact) mass is 486 g/mol. The fraction of sp³-hybridized carbons (Fsp3) is 1.00. The van der Waals surface area contributed by atoms with Crippen LogP contribution in [0.4, 0.5) is 0 Å². The summed E-state index contributed by atoms with van der Waals surface area (Å²) in [4.78, 5) is 0. The van der Waals surface area contributed by atoms with E-state index in [2.05, 4.69) is 0 Å². The molecule has 10 unspecified atom stereocenters. The quantitative estimate of drug-likeness (QED) is 0.175. The molecule has 0 aromatic heterocycles. The van der Waals surface area contributed by atoms with Crippen molar-refractivity contribution in [3.8, 4) is 0 Å². The van der Waals surface area contributed by atoms with Gasteiger partial charge in [-0.1, -0.05) is 0 Å². The zero-order valence-corrected chi connectivity index (χ0v) is 15.8. The maximum absolute atomic E-state index is 9.99. The van der Waals surface area contributed by atoms with E-state index in [0.29, 0.717) is 0 Å². The molecule has 0 radical (unpaired) electrons. The van der Waals surface area contributed by atoms with Gasteiger partial charge >= 0.3 is 149 Å². The van der Waals surface area contributed by atoms with Crippen molar-refractivity contribution in [1.29, 1.82) is 0 Å². The maximum atomic E-state index is 9.99. The third-order valence-electron chi connectivity index (χ3n) is 3.94. The van der Waals surface area contributed by atoms with Crippen LogP contribution in [0.3, 0.4) is 0 Å². The van der Waals surface area contributed by atoms with E-state index in [0.717, 1.165) is 0 Å². The number of rotatable bonds is 5. The van der Waals surface area contributed by atoms with Crippen LogP contribution in [0.1, 0.15) is 0 Å². The first-order valence-corrected chi connectivity index (χ1v) is 13.6. The summed E-state index contributed by atoms with van der Waals surface area (Å²) in [6, 6.07) is 0. The van der Waals surface area contributed by atoms with Crippen LogP contribution in [0.2, 0.25) is 0 Å². The Kier molecular flexibility index (Phi) is 7.88. The van der Waals surface area contributed by atoms with Crippen molar-refractivity contribution in [3.63, 3.8) is 0 Å². The molecule has 2 saturated heterocycles. The van der Waals surface area contributed by atoms with Crippen LogP contribution in [0.5, 0.6) is 0 Å². The summed E-state index contributed by atoms with van der Waals surface area (Å²) < 4.78 is 10.8. The second-order valence-corrected chi connectivity index (χ2v) is 12.5. The normalized spacial score (nSPS) is 50.0. The molecule has 24 heavy (non-hydrogen) atoms. The van der Waals surface area contributed by atoms with Gasteiger partial charge in [0.2, 0.25) is 0 Å². The van der Waals surface area contributed by atoms with E-state index in [1.54, 1.807) is 0 Å². The summed E-state index contributed by atoms with van der Waals surface area (Å²) in [7, 11) is 0. The van der Waals surface area contributed by atoms with E-state index in [-0.39, 0.29) is 0 Å². The number of aliphatic hydroxyl groups excluding tert-OH is 8. The molecule has 0 aromatic rings. The van der Waals surface area contributed by atoms with Gasteiger partial charge in [-0.2, -0.15) is 0 Å². The SMILES string of the molecule is OCC1OC([Se][Se]C2OC(CO)C(O)C(O)C2O)C(O)C(O)C1O. The Morgan fingerprint density at radius 1 is 0.542 bits per heavy atom. The van der Waals surface area contributed by atoms with Gasteiger partial charge in [0.15, 0.2) is 0 Å². The van der Waals surface area contributed by atoms with E-state index in [4.69, 9.17) is 19.7 Å². The molecule has 0 amide bonds. The van der Waals surface area contributed by atoms with Gasteiger partial charge in [0.25, 0.3) is 0 Å². The molecule has 0 spiro atoms. The topological polar surface area (TPSA) is 180 Å². The molecule has 0 saturated carbocycles. The molecule has 12 heteroatoms. The van der Waals surface area contributed by atoms with Crippen LogP contribution in [0.25, 0.3) is 0 Å². The summed E-state index contributed by atoms with van der Waals surface area (Å²) >= 11 is -0.983. The standard InChI is InChI=1S/C12H22O10Se2/c13-1-3-5(15)7(17)9(19)11(21-3)23-24-12-10(20)8(18)6(16)4(2-14)22-12/h3-20H,1-2H2. The van der Waals surface area contributed by atoms with Crippen molar-refractivity contribution in [3.05, 3.63) is 0 Å². The van der Waals surface area contributed by atoms with Crippen LogP contribution in [-0.2, 0) is 9.47 Å². The van der Waals surface area contributed by atoms with E-state index in [1.165, 1.54) is 0 Å². The fourth-order valence-corrected chi connectivity index (χ4v) is 10.7. The number of hydrogen-bond acceptors (Lipinski definition) is 10. The van der Waals surface area contributed by atoms with Gasteiger partial charge in [-0.05, 0) is 0 Å². The van der Waals surface area contributed by atoms with Crippen molar-refractivity contribution in [2.24, 2.45) is 0 Å². The summed E-state index contributed by atoms with van der Waals surface area (Å²) in [5.41, 5.74) is 0. The summed E-state index contributed by atoms with van der Waals surface area (Å²) in [6.07, 6.45) is -10.5. The minimum absolute atomic E-state index is 0.491. The molecule has 8 N–H and O–H groups in total. The Balaban J connectivity index is 1.96.